The van der Waals surface area contributed by atoms with E-state index in [9.17, 15) is 18.3 Å². The number of aliphatic hydroxyl groups excluding tert-OH is 1. The summed E-state index contributed by atoms with van der Waals surface area (Å²) < 4.78 is 55.5. The van der Waals surface area contributed by atoms with Crippen LogP contribution in [0.1, 0.15) is 67.7 Å². The second-order valence-electron chi connectivity index (χ2n) is 9.60. The molecule has 0 heterocycles. The lowest BCUT2D eigenvalue weighted by Crippen LogP contribution is -2.21. The number of halogens is 3. The van der Waals surface area contributed by atoms with Gasteiger partial charge in [0.05, 0.1) is 25.4 Å². The number of aliphatic hydroxyl groups is 1. The van der Waals surface area contributed by atoms with Gasteiger partial charge in [0.2, 0.25) is 0 Å². The lowest BCUT2D eigenvalue weighted by molar-refractivity contribution is 0.0119. The van der Waals surface area contributed by atoms with E-state index in [4.69, 9.17) is 9.47 Å². The zero-order valence-corrected chi connectivity index (χ0v) is 21.1. The Morgan fingerprint density at radius 2 is 1.70 bits per heavy atom. The van der Waals surface area contributed by atoms with Crippen molar-refractivity contribution < 1.29 is 27.8 Å². The molecule has 1 unspecified atom stereocenters. The highest BCUT2D eigenvalue weighted by molar-refractivity contribution is 5.65. The molecular weight excluding hydrogens is 477 g/mol. The van der Waals surface area contributed by atoms with Crippen molar-refractivity contribution in [1.82, 2.24) is 0 Å². The van der Waals surface area contributed by atoms with Crippen molar-refractivity contribution in [1.29, 1.82) is 0 Å². The first-order valence-electron chi connectivity index (χ1n) is 12.8. The molecule has 0 amide bonds. The number of hydrogen-bond acceptors (Lipinski definition) is 3. The van der Waals surface area contributed by atoms with Gasteiger partial charge in [-0.25, -0.2) is 13.2 Å². The lowest BCUT2D eigenvalue weighted by atomic mass is 9.82. The first-order valence-corrected chi connectivity index (χ1v) is 12.8. The highest BCUT2D eigenvalue weighted by Crippen LogP contribution is 2.36. The molecule has 3 nitrogen and oxygen atoms in total. The van der Waals surface area contributed by atoms with Gasteiger partial charge in [-0.3, -0.25) is 0 Å². The highest BCUT2D eigenvalue weighted by atomic mass is 19.2. The van der Waals surface area contributed by atoms with Gasteiger partial charge in [-0.2, -0.15) is 0 Å². The Balaban J connectivity index is 1.31. The summed E-state index contributed by atoms with van der Waals surface area (Å²) in [6.07, 6.45) is 4.90. The molecule has 1 aliphatic rings. The Morgan fingerprint density at radius 3 is 2.35 bits per heavy atom. The van der Waals surface area contributed by atoms with E-state index in [0.29, 0.717) is 24.2 Å². The molecule has 1 saturated carbocycles. The fraction of sp³-hybridized carbons (Fsp3) is 0.355. The van der Waals surface area contributed by atoms with E-state index in [2.05, 4.69) is 6.58 Å². The third kappa shape index (κ3) is 6.62. The number of hydrogen-bond donors (Lipinski definition) is 1. The molecule has 0 aromatic heterocycles. The zero-order valence-electron chi connectivity index (χ0n) is 21.1. The molecule has 1 atom stereocenters. The molecule has 0 aliphatic heterocycles. The molecule has 3 aromatic carbocycles. The summed E-state index contributed by atoms with van der Waals surface area (Å²) in [4.78, 5) is 0. The SMILES string of the molecule is C=CCCOc1ccc(C2CCC(OCc3ccc(-c4ccc(C(C)O)cc4)c(F)c3F)CC2)cc1F. The third-order valence-corrected chi connectivity index (χ3v) is 7.02. The maximum atomic E-state index is 14.8. The Hall–Kier alpha value is -3.09. The predicted octanol–water partition coefficient (Wildman–Crippen LogP) is 8.02. The van der Waals surface area contributed by atoms with Gasteiger partial charge >= 0.3 is 0 Å². The monoisotopic (exact) mass is 510 g/mol. The van der Waals surface area contributed by atoms with Gasteiger partial charge in [-0.1, -0.05) is 48.5 Å². The largest absolute Gasteiger partial charge is 0.490 e. The Kier molecular flexibility index (Phi) is 9.06. The second-order valence-corrected chi connectivity index (χ2v) is 9.60. The molecule has 4 rings (SSSR count). The molecule has 196 valence electrons. The van der Waals surface area contributed by atoms with E-state index in [1.54, 1.807) is 61.5 Å². The van der Waals surface area contributed by atoms with Crippen LogP contribution in [0.5, 0.6) is 5.75 Å². The van der Waals surface area contributed by atoms with Crippen LogP contribution >= 0.6 is 0 Å². The molecule has 0 bridgehead atoms. The van der Waals surface area contributed by atoms with Gasteiger partial charge in [-0.15, -0.1) is 6.58 Å². The first-order chi connectivity index (χ1) is 17.9. The molecule has 0 saturated heterocycles. The summed E-state index contributed by atoms with van der Waals surface area (Å²) in [5, 5.41) is 9.64. The van der Waals surface area contributed by atoms with Gasteiger partial charge in [-0.05, 0) is 73.8 Å². The molecule has 1 N–H and O–H groups in total. The number of rotatable bonds is 10. The number of benzene rings is 3. The fourth-order valence-electron chi connectivity index (χ4n) is 4.78. The summed E-state index contributed by atoms with van der Waals surface area (Å²) in [5.41, 5.74) is 2.54. The standard InChI is InChI=1S/C31H33F3O3/c1-3-4-17-36-29-16-12-24(18-28(29)32)22-9-13-26(14-10-22)37-19-25-11-15-27(31(34)30(25)33)23-7-5-21(6-8-23)20(2)35/h3,5-8,11-12,15-16,18,20,22,26,35H,1,4,9-10,13-14,17,19H2,2H3. The van der Waals surface area contributed by atoms with Crippen LogP contribution in [0.4, 0.5) is 13.2 Å². The van der Waals surface area contributed by atoms with Crippen molar-refractivity contribution in [2.24, 2.45) is 0 Å². The second kappa shape index (κ2) is 12.4. The maximum Gasteiger partial charge on any atom is 0.167 e. The average Bonchev–Trinajstić information content (AvgIpc) is 2.91. The van der Waals surface area contributed by atoms with Crippen LogP contribution in [0, 0.1) is 17.5 Å². The van der Waals surface area contributed by atoms with Gasteiger partial charge in [0.1, 0.15) is 0 Å². The lowest BCUT2D eigenvalue weighted by Gasteiger charge is -2.29. The molecule has 3 aromatic rings. The summed E-state index contributed by atoms with van der Waals surface area (Å²) >= 11 is 0. The van der Waals surface area contributed by atoms with Crippen molar-refractivity contribution >= 4 is 0 Å². The van der Waals surface area contributed by atoms with Crippen LogP contribution in [-0.4, -0.2) is 17.8 Å². The normalized spacial score (nSPS) is 18.4. The molecule has 0 spiro atoms. The number of ether oxygens (including phenoxy) is 2. The molecule has 1 fully saturated rings. The molecule has 1 aliphatic carbocycles. The molecule has 0 radical (unpaired) electrons. The molecule has 6 heteroatoms. The van der Waals surface area contributed by atoms with Crippen molar-refractivity contribution in [3.63, 3.8) is 0 Å². The van der Waals surface area contributed by atoms with Gasteiger partial charge in [0.15, 0.2) is 23.2 Å². The van der Waals surface area contributed by atoms with Crippen LogP contribution < -0.4 is 4.74 Å². The predicted molar refractivity (Wildman–Crippen MR) is 139 cm³/mol. The van der Waals surface area contributed by atoms with E-state index >= 15 is 0 Å². The maximum absolute atomic E-state index is 14.8. The van der Waals surface area contributed by atoms with E-state index in [1.165, 1.54) is 0 Å². The quantitative estimate of drug-likeness (QED) is 0.222. The van der Waals surface area contributed by atoms with Crippen LogP contribution in [0.15, 0.2) is 67.3 Å². The van der Waals surface area contributed by atoms with Gasteiger partial charge < -0.3 is 14.6 Å². The minimum absolute atomic E-state index is 0.00922. The molecular formula is C31H33F3O3. The van der Waals surface area contributed by atoms with Crippen molar-refractivity contribution in [3.05, 3.63) is 101 Å². The highest BCUT2D eigenvalue weighted by Gasteiger charge is 2.24. The van der Waals surface area contributed by atoms with Crippen molar-refractivity contribution in [2.45, 2.75) is 63.8 Å². The first kappa shape index (κ1) is 27.0. The van der Waals surface area contributed by atoms with Gasteiger partial charge in [0.25, 0.3) is 0 Å². The summed E-state index contributed by atoms with van der Waals surface area (Å²) in [6.45, 7) is 5.66. The average molecular weight is 511 g/mol. The van der Waals surface area contributed by atoms with Gasteiger partial charge in [0, 0.05) is 11.1 Å². The van der Waals surface area contributed by atoms with Crippen LogP contribution in [-0.2, 0) is 11.3 Å². The topological polar surface area (TPSA) is 38.7 Å². The zero-order chi connectivity index (χ0) is 26.4. The minimum Gasteiger partial charge on any atom is -0.490 e. The van der Waals surface area contributed by atoms with E-state index in [-0.39, 0.29) is 41.3 Å². The molecule has 37 heavy (non-hydrogen) atoms. The van der Waals surface area contributed by atoms with Crippen LogP contribution in [0.3, 0.4) is 0 Å². The summed E-state index contributed by atoms with van der Waals surface area (Å²) in [7, 11) is 0. The van der Waals surface area contributed by atoms with E-state index < -0.39 is 17.7 Å². The summed E-state index contributed by atoms with van der Waals surface area (Å²) in [5.74, 6) is -1.70. The van der Waals surface area contributed by atoms with Crippen LogP contribution in [0.2, 0.25) is 0 Å². The third-order valence-electron chi connectivity index (χ3n) is 7.02. The van der Waals surface area contributed by atoms with Crippen molar-refractivity contribution in [3.8, 4) is 16.9 Å². The Labute approximate surface area is 216 Å². The minimum atomic E-state index is -0.909. The van der Waals surface area contributed by atoms with E-state index in [1.807, 2.05) is 6.07 Å². The smallest absolute Gasteiger partial charge is 0.167 e. The Bertz CT molecular complexity index is 1200. The van der Waals surface area contributed by atoms with Crippen LogP contribution in [0.25, 0.3) is 11.1 Å². The van der Waals surface area contributed by atoms with E-state index in [0.717, 1.165) is 31.2 Å². The summed E-state index contributed by atoms with van der Waals surface area (Å²) in [6, 6.07) is 15.0. The van der Waals surface area contributed by atoms with Crippen molar-refractivity contribution in [2.75, 3.05) is 6.61 Å². The fourth-order valence-corrected chi connectivity index (χ4v) is 4.78. The Morgan fingerprint density at radius 1 is 0.973 bits per heavy atom.